The topological polar surface area (TPSA) is 62.2 Å². The van der Waals surface area contributed by atoms with Crippen molar-refractivity contribution >= 4 is 5.91 Å². The van der Waals surface area contributed by atoms with Gasteiger partial charge in [0.2, 0.25) is 0 Å². The predicted octanol–water partition coefficient (Wildman–Crippen LogP) is 3.17. The number of benzene rings is 1. The van der Waals surface area contributed by atoms with E-state index in [0.29, 0.717) is 12.3 Å². The largest absolute Gasteiger partial charge is 0.430 e. The van der Waals surface area contributed by atoms with E-state index in [1.165, 1.54) is 18.2 Å². The standard InChI is InChI=1S/C16H12F6N2O2/c17-15(18,19)12-6-10(7-23-9-12)8-24-13(25)14(26,16(20,21)22)11-4-2-1-3-5-11/h1-7,9,26H,8H2,(H,24,25)/t14-/m1/s1. The first-order valence-corrected chi connectivity index (χ1v) is 7.10. The fourth-order valence-electron chi connectivity index (χ4n) is 2.15. The summed E-state index contributed by atoms with van der Waals surface area (Å²) < 4.78 is 77.8. The van der Waals surface area contributed by atoms with Gasteiger partial charge in [0.1, 0.15) is 0 Å². The molecule has 1 atom stereocenters. The van der Waals surface area contributed by atoms with E-state index in [1.807, 2.05) is 0 Å². The number of carbonyl (C=O) groups excluding carboxylic acids is 1. The number of nitrogens with zero attached hydrogens (tertiary/aromatic N) is 1. The molecule has 0 bridgehead atoms. The Morgan fingerprint density at radius 3 is 2.15 bits per heavy atom. The van der Waals surface area contributed by atoms with Gasteiger partial charge in [-0.15, -0.1) is 0 Å². The predicted molar refractivity (Wildman–Crippen MR) is 77.5 cm³/mol. The summed E-state index contributed by atoms with van der Waals surface area (Å²) in [6.45, 7) is -0.680. The van der Waals surface area contributed by atoms with Crippen LogP contribution in [-0.4, -0.2) is 22.2 Å². The summed E-state index contributed by atoms with van der Waals surface area (Å²) in [4.78, 5) is 15.4. The Morgan fingerprint density at radius 2 is 1.62 bits per heavy atom. The number of alkyl halides is 6. The second kappa shape index (κ2) is 6.94. The number of hydrogen-bond acceptors (Lipinski definition) is 3. The summed E-state index contributed by atoms with van der Waals surface area (Å²) in [6.07, 6.45) is -8.53. The third kappa shape index (κ3) is 3.96. The molecule has 1 amide bonds. The van der Waals surface area contributed by atoms with Crippen LogP contribution in [0.15, 0.2) is 48.8 Å². The summed E-state index contributed by atoms with van der Waals surface area (Å²) in [5.41, 5.74) is -5.85. The molecule has 0 saturated heterocycles. The minimum absolute atomic E-state index is 0.175. The lowest BCUT2D eigenvalue weighted by Crippen LogP contribution is -2.54. The van der Waals surface area contributed by atoms with E-state index < -0.39 is 41.5 Å². The highest BCUT2D eigenvalue weighted by atomic mass is 19.4. The Morgan fingerprint density at radius 1 is 1.00 bits per heavy atom. The summed E-state index contributed by atoms with van der Waals surface area (Å²) in [7, 11) is 0. The zero-order valence-electron chi connectivity index (χ0n) is 12.9. The molecule has 1 aromatic heterocycles. The van der Waals surface area contributed by atoms with Crippen LogP contribution in [0.5, 0.6) is 0 Å². The Kier molecular flexibility index (Phi) is 5.26. The van der Waals surface area contributed by atoms with E-state index in [0.717, 1.165) is 18.3 Å². The van der Waals surface area contributed by atoms with Gasteiger partial charge >= 0.3 is 12.4 Å². The second-order valence-corrected chi connectivity index (χ2v) is 5.34. The molecule has 0 aliphatic heterocycles. The first kappa shape index (κ1) is 19.7. The molecule has 0 saturated carbocycles. The number of hydrogen-bond donors (Lipinski definition) is 2. The average molecular weight is 378 g/mol. The maximum absolute atomic E-state index is 13.3. The second-order valence-electron chi connectivity index (χ2n) is 5.34. The van der Waals surface area contributed by atoms with Gasteiger partial charge in [-0.1, -0.05) is 30.3 Å². The van der Waals surface area contributed by atoms with Crippen LogP contribution in [0, 0.1) is 0 Å². The lowest BCUT2D eigenvalue weighted by molar-refractivity contribution is -0.257. The summed E-state index contributed by atoms with van der Waals surface area (Å²) in [5, 5.41) is 11.8. The van der Waals surface area contributed by atoms with Crippen molar-refractivity contribution < 1.29 is 36.2 Å². The van der Waals surface area contributed by atoms with Gasteiger partial charge in [0.05, 0.1) is 5.56 Å². The number of nitrogens with one attached hydrogen (secondary N) is 1. The third-order valence-corrected chi connectivity index (χ3v) is 3.51. The van der Waals surface area contributed by atoms with Gasteiger partial charge in [-0.2, -0.15) is 26.3 Å². The van der Waals surface area contributed by atoms with E-state index in [2.05, 4.69) is 4.98 Å². The Hall–Kier alpha value is -2.62. The number of aromatic nitrogens is 1. The van der Waals surface area contributed by atoms with E-state index in [1.54, 1.807) is 5.32 Å². The van der Waals surface area contributed by atoms with Gasteiger partial charge in [0.25, 0.3) is 11.5 Å². The zero-order chi connectivity index (χ0) is 19.6. The van der Waals surface area contributed by atoms with Gasteiger partial charge in [-0.05, 0) is 11.6 Å². The van der Waals surface area contributed by atoms with E-state index in [-0.39, 0.29) is 5.56 Å². The maximum atomic E-state index is 13.3. The third-order valence-electron chi connectivity index (χ3n) is 3.51. The summed E-state index contributed by atoms with van der Waals surface area (Å²) in [5.74, 6) is -1.81. The number of amides is 1. The van der Waals surface area contributed by atoms with Gasteiger partial charge < -0.3 is 10.4 Å². The van der Waals surface area contributed by atoms with E-state index >= 15 is 0 Å². The summed E-state index contributed by atoms with van der Waals surface area (Å²) >= 11 is 0. The van der Waals surface area contributed by atoms with Crippen molar-refractivity contribution in [3.8, 4) is 0 Å². The molecule has 0 radical (unpaired) electrons. The highest BCUT2D eigenvalue weighted by Gasteiger charge is 2.60. The minimum Gasteiger partial charge on any atom is -0.369 e. The molecule has 1 aromatic carbocycles. The van der Waals surface area contributed by atoms with Gasteiger partial charge in [0, 0.05) is 24.5 Å². The Bertz CT molecular complexity index is 776. The quantitative estimate of drug-likeness (QED) is 0.804. The molecular weight excluding hydrogens is 366 g/mol. The molecule has 10 heteroatoms. The molecule has 26 heavy (non-hydrogen) atoms. The smallest absolute Gasteiger partial charge is 0.369 e. The van der Waals surface area contributed by atoms with E-state index in [9.17, 15) is 36.2 Å². The van der Waals surface area contributed by atoms with Crippen molar-refractivity contribution in [2.75, 3.05) is 0 Å². The molecule has 0 spiro atoms. The van der Waals surface area contributed by atoms with Crippen LogP contribution >= 0.6 is 0 Å². The van der Waals surface area contributed by atoms with Gasteiger partial charge in [-0.25, -0.2) is 0 Å². The molecule has 0 aliphatic carbocycles. The van der Waals surface area contributed by atoms with Crippen molar-refractivity contribution in [2.24, 2.45) is 0 Å². The molecule has 140 valence electrons. The lowest BCUT2D eigenvalue weighted by Gasteiger charge is -2.29. The normalized spacial score (nSPS) is 14.6. The van der Waals surface area contributed by atoms with Crippen molar-refractivity contribution in [3.05, 3.63) is 65.5 Å². The molecule has 0 fully saturated rings. The first-order valence-electron chi connectivity index (χ1n) is 7.10. The van der Waals surface area contributed by atoms with Crippen molar-refractivity contribution in [1.82, 2.24) is 10.3 Å². The molecule has 2 rings (SSSR count). The molecule has 2 N–H and O–H groups in total. The van der Waals surface area contributed by atoms with Crippen LogP contribution in [0.3, 0.4) is 0 Å². The maximum Gasteiger partial charge on any atom is 0.430 e. The van der Waals surface area contributed by atoms with Gasteiger partial charge in [-0.3, -0.25) is 9.78 Å². The van der Waals surface area contributed by atoms with Crippen molar-refractivity contribution in [1.29, 1.82) is 0 Å². The molecule has 2 aromatic rings. The lowest BCUT2D eigenvalue weighted by atomic mass is 9.92. The molecule has 0 unspecified atom stereocenters. The fraction of sp³-hybridized carbons (Fsp3) is 0.250. The highest BCUT2D eigenvalue weighted by Crippen LogP contribution is 2.39. The molecule has 0 aliphatic rings. The number of aliphatic hydroxyl groups is 1. The van der Waals surface area contributed by atoms with Crippen LogP contribution in [0.25, 0.3) is 0 Å². The monoisotopic (exact) mass is 378 g/mol. The van der Waals surface area contributed by atoms with E-state index in [4.69, 9.17) is 0 Å². The Balaban J connectivity index is 2.24. The number of halogens is 6. The minimum atomic E-state index is -5.34. The summed E-state index contributed by atoms with van der Waals surface area (Å²) in [6, 6.07) is 6.28. The number of carbonyl (C=O) groups is 1. The molecular formula is C16H12F6N2O2. The first-order chi connectivity index (χ1) is 12.0. The Labute approximate surface area is 143 Å². The van der Waals surface area contributed by atoms with Crippen LogP contribution in [-0.2, 0) is 23.1 Å². The van der Waals surface area contributed by atoms with Crippen LogP contribution in [0.4, 0.5) is 26.3 Å². The highest BCUT2D eigenvalue weighted by molar-refractivity contribution is 5.87. The van der Waals surface area contributed by atoms with Crippen LogP contribution in [0.1, 0.15) is 16.7 Å². The van der Waals surface area contributed by atoms with Crippen molar-refractivity contribution in [2.45, 2.75) is 24.5 Å². The van der Waals surface area contributed by atoms with Gasteiger partial charge in [0.15, 0.2) is 0 Å². The zero-order valence-corrected chi connectivity index (χ0v) is 12.9. The number of pyridine rings is 1. The SMILES string of the molecule is O=C(NCc1cncc(C(F)(F)F)c1)[C@](O)(c1ccccc1)C(F)(F)F. The van der Waals surface area contributed by atoms with Crippen LogP contribution < -0.4 is 5.32 Å². The average Bonchev–Trinajstić information content (AvgIpc) is 2.58. The fourth-order valence-corrected chi connectivity index (χ4v) is 2.15. The number of rotatable bonds is 4. The molecule has 1 heterocycles. The van der Waals surface area contributed by atoms with Crippen molar-refractivity contribution in [3.63, 3.8) is 0 Å². The van der Waals surface area contributed by atoms with Crippen LogP contribution in [0.2, 0.25) is 0 Å². The molecule has 4 nitrogen and oxygen atoms in total.